The Bertz CT molecular complexity index is 1220. The van der Waals surface area contributed by atoms with Crippen molar-refractivity contribution in [2.24, 2.45) is 5.92 Å². The second-order valence-electron chi connectivity index (χ2n) is 8.98. The van der Waals surface area contributed by atoms with Gasteiger partial charge < -0.3 is 29.2 Å². The van der Waals surface area contributed by atoms with Gasteiger partial charge in [-0.15, -0.1) is 0 Å². The molecule has 2 aliphatic rings. The number of esters is 1. The van der Waals surface area contributed by atoms with E-state index >= 15 is 0 Å². The number of carbonyl (C=O) groups is 3. The number of hydrogen-bond acceptors (Lipinski definition) is 8. The van der Waals surface area contributed by atoms with Crippen LogP contribution in [0.3, 0.4) is 0 Å². The molecule has 10 heteroatoms. The monoisotopic (exact) mass is 495 g/mol. The molecule has 190 valence electrons. The molecule has 36 heavy (non-hydrogen) atoms. The summed E-state index contributed by atoms with van der Waals surface area (Å²) in [6.45, 7) is 4.23. The van der Waals surface area contributed by atoms with Crippen molar-refractivity contribution in [2.45, 2.75) is 32.7 Å². The third kappa shape index (κ3) is 4.71. The Balaban J connectivity index is 1.56. The lowest BCUT2D eigenvalue weighted by atomic mass is 9.99. The van der Waals surface area contributed by atoms with Crippen LogP contribution in [0.5, 0.6) is 17.2 Å². The zero-order chi connectivity index (χ0) is 26.0. The molecule has 0 fully saturated rings. The van der Waals surface area contributed by atoms with Crippen LogP contribution in [0, 0.1) is 5.92 Å². The first-order chi connectivity index (χ1) is 17.3. The van der Waals surface area contributed by atoms with Gasteiger partial charge in [0.05, 0.1) is 26.9 Å². The summed E-state index contributed by atoms with van der Waals surface area (Å²) in [7, 11) is 4.39. The van der Waals surface area contributed by atoms with Crippen molar-refractivity contribution in [3.05, 3.63) is 52.9 Å². The van der Waals surface area contributed by atoms with Crippen LogP contribution in [0.25, 0.3) is 0 Å². The number of ether oxygens (including phenoxy) is 4. The minimum atomic E-state index is -0.749. The van der Waals surface area contributed by atoms with Crippen molar-refractivity contribution in [3.63, 3.8) is 0 Å². The van der Waals surface area contributed by atoms with Gasteiger partial charge in [0, 0.05) is 30.3 Å². The van der Waals surface area contributed by atoms with Crippen LogP contribution >= 0.6 is 0 Å². The summed E-state index contributed by atoms with van der Waals surface area (Å²) < 4.78 is 21.7. The van der Waals surface area contributed by atoms with Gasteiger partial charge in [0.1, 0.15) is 17.6 Å². The standard InChI is InChI=1S/C26H29N3O7/c1-14(2)10-18(24(30)28-21-9-6-15(12-27-21)26(32)35-5)29-13-16-11-17-19(33-3)7-8-20(34-4)23(17)36-22(16)25(29)31/h6-9,12,14,18H,10-11,13H2,1-5H3,(H,27,28,30)/t18-/m0/s1. The number of methoxy groups -OCH3 is 3. The van der Waals surface area contributed by atoms with Gasteiger partial charge in [-0.3, -0.25) is 9.59 Å². The Labute approximate surface area is 209 Å². The molecule has 2 amide bonds. The fraction of sp³-hybridized carbons (Fsp3) is 0.385. The molecule has 0 saturated carbocycles. The Morgan fingerprint density at radius 2 is 1.83 bits per heavy atom. The first-order valence-electron chi connectivity index (χ1n) is 11.6. The highest BCUT2D eigenvalue weighted by Crippen LogP contribution is 2.45. The van der Waals surface area contributed by atoms with Crippen LogP contribution < -0.4 is 19.5 Å². The molecule has 0 saturated heterocycles. The van der Waals surface area contributed by atoms with Crippen LogP contribution in [-0.4, -0.2) is 61.6 Å². The van der Waals surface area contributed by atoms with E-state index in [0.717, 1.165) is 11.1 Å². The Hall–Kier alpha value is -4.08. The normalized spacial score (nSPS) is 15.2. The van der Waals surface area contributed by atoms with E-state index in [9.17, 15) is 14.4 Å². The first-order valence-corrected chi connectivity index (χ1v) is 11.6. The molecule has 1 aromatic carbocycles. The predicted octanol–water partition coefficient (Wildman–Crippen LogP) is 2.97. The second-order valence-corrected chi connectivity index (χ2v) is 8.98. The quantitative estimate of drug-likeness (QED) is 0.556. The van der Waals surface area contributed by atoms with Gasteiger partial charge in [-0.1, -0.05) is 13.8 Å². The highest BCUT2D eigenvalue weighted by molar-refractivity contribution is 6.02. The van der Waals surface area contributed by atoms with Gasteiger partial charge in [-0.25, -0.2) is 9.78 Å². The number of anilines is 1. The van der Waals surface area contributed by atoms with E-state index in [-0.39, 0.29) is 41.4 Å². The predicted molar refractivity (Wildman–Crippen MR) is 130 cm³/mol. The molecule has 0 aliphatic carbocycles. The third-order valence-electron chi connectivity index (χ3n) is 6.16. The summed E-state index contributed by atoms with van der Waals surface area (Å²) in [4.78, 5) is 44.1. The van der Waals surface area contributed by atoms with Crippen LogP contribution in [0.4, 0.5) is 5.82 Å². The van der Waals surface area contributed by atoms with Crippen molar-refractivity contribution in [2.75, 3.05) is 33.2 Å². The number of pyridine rings is 1. The molecule has 0 bridgehead atoms. The van der Waals surface area contributed by atoms with E-state index in [1.54, 1.807) is 19.2 Å². The summed E-state index contributed by atoms with van der Waals surface area (Å²) in [5, 5.41) is 2.77. The van der Waals surface area contributed by atoms with Gasteiger partial charge >= 0.3 is 5.97 Å². The topological polar surface area (TPSA) is 116 Å². The van der Waals surface area contributed by atoms with E-state index in [0.29, 0.717) is 30.1 Å². The number of benzene rings is 1. The third-order valence-corrected chi connectivity index (χ3v) is 6.16. The lowest BCUT2D eigenvalue weighted by Crippen LogP contribution is -2.46. The number of nitrogens with one attached hydrogen (secondary N) is 1. The van der Waals surface area contributed by atoms with Crippen molar-refractivity contribution in [1.82, 2.24) is 9.88 Å². The minimum absolute atomic E-state index is 0.138. The highest BCUT2D eigenvalue weighted by Gasteiger charge is 2.43. The van der Waals surface area contributed by atoms with Gasteiger partial charge in [0.2, 0.25) is 5.91 Å². The number of carbonyl (C=O) groups excluding carboxylic acids is 3. The summed E-state index contributed by atoms with van der Waals surface area (Å²) in [5.74, 6) is 0.970. The van der Waals surface area contributed by atoms with Gasteiger partial charge in [0.25, 0.3) is 5.91 Å². The Morgan fingerprint density at radius 1 is 1.11 bits per heavy atom. The average Bonchev–Trinajstić information content (AvgIpc) is 3.20. The van der Waals surface area contributed by atoms with Crippen LogP contribution in [-0.2, 0) is 20.7 Å². The van der Waals surface area contributed by atoms with Crippen LogP contribution in [0.1, 0.15) is 36.2 Å². The minimum Gasteiger partial charge on any atom is -0.496 e. The molecular weight excluding hydrogens is 466 g/mol. The average molecular weight is 496 g/mol. The molecule has 1 aromatic heterocycles. The van der Waals surface area contributed by atoms with Crippen molar-refractivity contribution < 1.29 is 33.3 Å². The van der Waals surface area contributed by atoms with E-state index in [1.807, 2.05) is 13.8 Å². The molecule has 2 aliphatic heterocycles. The number of nitrogens with zero attached hydrogens (tertiary/aromatic N) is 2. The van der Waals surface area contributed by atoms with Gasteiger partial charge in [-0.05, 0) is 36.6 Å². The maximum atomic E-state index is 13.5. The first kappa shape index (κ1) is 25.0. The lowest BCUT2D eigenvalue weighted by molar-refractivity contribution is -0.135. The van der Waals surface area contributed by atoms with Crippen molar-refractivity contribution in [1.29, 1.82) is 0 Å². The number of amides is 2. The summed E-state index contributed by atoms with van der Waals surface area (Å²) in [5.41, 5.74) is 1.84. The molecule has 1 atom stereocenters. The fourth-order valence-electron chi connectivity index (χ4n) is 4.41. The second kappa shape index (κ2) is 10.3. The molecule has 3 heterocycles. The molecule has 0 radical (unpaired) electrons. The molecule has 2 aromatic rings. The molecular formula is C26H29N3O7. The summed E-state index contributed by atoms with van der Waals surface area (Å²) in [6.07, 6.45) is 2.21. The van der Waals surface area contributed by atoms with Crippen molar-refractivity contribution in [3.8, 4) is 17.2 Å². The largest absolute Gasteiger partial charge is 0.496 e. The maximum absolute atomic E-state index is 13.5. The van der Waals surface area contributed by atoms with Crippen LogP contribution in [0.2, 0.25) is 0 Å². The number of fused-ring (bicyclic) bond motifs is 1. The molecule has 10 nitrogen and oxygen atoms in total. The molecule has 0 spiro atoms. The number of aromatic nitrogens is 1. The number of rotatable bonds is 8. The summed E-state index contributed by atoms with van der Waals surface area (Å²) in [6, 6.07) is 5.81. The van der Waals surface area contributed by atoms with E-state index < -0.39 is 12.0 Å². The SMILES string of the molecule is COC(=O)c1ccc(NC(=O)[C@H](CC(C)C)N2CC3=C(Oc4c(OC)ccc(OC)c4C3)C2=O)nc1. The Kier molecular flexibility index (Phi) is 7.14. The van der Waals surface area contributed by atoms with Crippen molar-refractivity contribution >= 4 is 23.6 Å². The summed E-state index contributed by atoms with van der Waals surface area (Å²) >= 11 is 0. The van der Waals surface area contributed by atoms with Gasteiger partial charge in [-0.2, -0.15) is 0 Å². The Morgan fingerprint density at radius 3 is 2.44 bits per heavy atom. The van der Waals surface area contributed by atoms with E-state index in [4.69, 9.17) is 14.2 Å². The molecule has 4 rings (SSSR count). The maximum Gasteiger partial charge on any atom is 0.339 e. The van der Waals surface area contributed by atoms with Gasteiger partial charge in [0.15, 0.2) is 17.3 Å². The fourth-order valence-corrected chi connectivity index (χ4v) is 4.41. The molecule has 0 unspecified atom stereocenters. The smallest absolute Gasteiger partial charge is 0.339 e. The highest BCUT2D eigenvalue weighted by atomic mass is 16.5. The number of hydrogen-bond donors (Lipinski definition) is 1. The molecule has 1 N–H and O–H groups in total. The zero-order valence-electron chi connectivity index (χ0n) is 20.9. The van der Waals surface area contributed by atoms with Crippen LogP contribution in [0.15, 0.2) is 41.8 Å². The lowest BCUT2D eigenvalue weighted by Gasteiger charge is -2.28. The zero-order valence-corrected chi connectivity index (χ0v) is 20.9. The van der Waals surface area contributed by atoms with E-state index in [1.165, 1.54) is 37.4 Å². The van der Waals surface area contributed by atoms with E-state index in [2.05, 4.69) is 15.0 Å².